The molecule has 0 radical (unpaired) electrons. The van der Waals surface area contributed by atoms with E-state index in [4.69, 9.17) is 21.4 Å². The van der Waals surface area contributed by atoms with Crippen LogP contribution in [0, 0.1) is 5.92 Å². The van der Waals surface area contributed by atoms with Crippen molar-refractivity contribution in [2.75, 3.05) is 38.2 Å². The van der Waals surface area contributed by atoms with Crippen LogP contribution in [0.15, 0.2) is 18.2 Å². The number of benzene rings is 1. The van der Waals surface area contributed by atoms with Crippen molar-refractivity contribution in [2.45, 2.75) is 19.3 Å². The molecule has 0 aliphatic carbocycles. The van der Waals surface area contributed by atoms with E-state index in [0.29, 0.717) is 17.5 Å². The first-order chi connectivity index (χ1) is 11.8. The highest BCUT2D eigenvalue weighted by Gasteiger charge is 2.23. The number of aliphatic carboxylic acids is 1. The van der Waals surface area contributed by atoms with Gasteiger partial charge in [0.2, 0.25) is 0 Å². The molecule has 0 spiro atoms. The monoisotopic (exact) mass is 389 g/mol. The van der Waals surface area contributed by atoms with Gasteiger partial charge in [0.15, 0.2) is 9.84 Å². The minimum Gasteiger partial charge on any atom is -0.496 e. The van der Waals surface area contributed by atoms with E-state index in [-0.39, 0.29) is 5.75 Å². The Kier molecular flexibility index (Phi) is 7.10. The molecule has 1 saturated heterocycles. The molecule has 0 amide bonds. The molecule has 1 aromatic carbocycles. The van der Waals surface area contributed by atoms with Crippen molar-refractivity contribution < 1.29 is 23.1 Å². The highest BCUT2D eigenvalue weighted by molar-refractivity contribution is 7.92. The summed E-state index contributed by atoms with van der Waals surface area (Å²) < 4.78 is 28.9. The van der Waals surface area contributed by atoms with Gasteiger partial charge >= 0.3 is 5.97 Å². The maximum atomic E-state index is 11.7. The molecule has 25 heavy (non-hydrogen) atoms. The van der Waals surface area contributed by atoms with E-state index in [2.05, 4.69) is 4.90 Å². The van der Waals surface area contributed by atoms with Crippen LogP contribution in [0.3, 0.4) is 0 Å². The van der Waals surface area contributed by atoms with Crippen LogP contribution in [0.5, 0.6) is 5.75 Å². The molecule has 1 fully saturated rings. The first-order valence-electron chi connectivity index (χ1n) is 8.26. The first-order valence-corrected chi connectivity index (χ1v) is 10.5. The standard InChI is InChI=1S/C17H24ClNO5S/c1-24-16-5-4-15(18)10-14(16)9-13-3-2-6-19(11-13)7-8-25(22,23)12-17(20)21/h4-5,10,13H,2-3,6-9,11-12H2,1H3,(H,20,21). The van der Waals surface area contributed by atoms with Crippen molar-refractivity contribution in [3.8, 4) is 5.75 Å². The summed E-state index contributed by atoms with van der Waals surface area (Å²) in [5, 5.41) is 9.32. The van der Waals surface area contributed by atoms with Gasteiger partial charge in [-0.15, -0.1) is 0 Å². The van der Waals surface area contributed by atoms with Gasteiger partial charge in [0.05, 0.1) is 12.9 Å². The van der Waals surface area contributed by atoms with Gasteiger partial charge in [0.25, 0.3) is 0 Å². The van der Waals surface area contributed by atoms with E-state index < -0.39 is 21.6 Å². The van der Waals surface area contributed by atoms with Crippen molar-refractivity contribution in [3.63, 3.8) is 0 Å². The third-order valence-corrected chi connectivity index (χ3v) is 6.14. The maximum Gasteiger partial charge on any atom is 0.318 e. The Balaban J connectivity index is 1.93. The van der Waals surface area contributed by atoms with Crippen LogP contribution in [-0.2, 0) is 21.1 Å². The third-order valence-electron chi connectivity index (χ3n) is 4.42. The van der Waals surface area contributed by atoms with Crippen LogP contribution in [-0.4, -0.2) is 62.6 Å². The van der Waals surface area contributed by atoms with Gasteiger partial charge in [-0.2, -0.15) is 0 Å². The van der Waals surface area contributed by atoms with Gasteiger partial charge in [0.1, 0.15) is 11.5 Å². The number of likely N-dealkylation sites (tertiary alicyclic amines) is 1. The number of piperidine rings is 1. The summed E-state index contributed by atoms with van der Waals surface area (Å²) in [6.07, 6.45) is 2.88. The molecule has 1 unspecified atom stereocenters. The van der Waals surface area contributed by atoms with Crippen LogP contribution in [0.4, 0.5) is 0 Å². The van der Waals surface area contributed by atoms with Gasteiger partial charge < -0.3 is 14.7 Å². The van der Waals surface area contributed by atoms with Crippen molar-refractivity contribution in [3.05, 3.63) is 28.8 Å². The van der Waals surface area contributed by atoms with Crippen molar-refractivity contribution >= 4 is 27.4 Å². The number of carbonyl (C=O) groups is 1. The van der Waals surface area contributed by atoms with Crippen LogP contribution in [0.2, 0.25) is 5.02 Å². The van der Waals surface area contributed by atoms with E-state index in [0.717, 1.165) is 43.7 Å². The maximum absolute atomic E-state index is 11.7. The Hall–Kier alpha value is -1.31. The van der Waals surface area contributed by atoms with Gasteiger partial charge in [-0.1, -0.05) is 11.6 Å². The van der Waals surface area contributed by atoms with Crippen molar-refractivity contribution in [1.29, 1.82) is 0 Å². The molecule has 1 heterocycles. The van der Waals surface area contributed by atoms with E-state index in [1.807, 2.05) is 12.1 Å². The molecular weight excluding hydrogens is 366 g/mol. The number of sulfone groups is 1. The quantitative estimate of drug-likeness (QED) is 0.733. The van der Waals surface area contributed by atoms with E-state index >= 15 is 0 Å². The molecule has 1 N–H and O–H groups in total. The number of carboxylic acid groups (broad SMARTS) is 1. The summed E-state index contributed by atoms with van der Waals surface area (Å²) in [4.78, 5) is 12.7. The van der Waals surface area contributed by atoms with Crippen molar-refractivity contribution in [1.82, 2.24) is 4.90 Å². The molecule has 2 rings (SSSR count). The zero-order chi connectivity index (χ0) is 18.4. The summed E-state index contributed by atoms with van der Waals surface area (Å²) in [6.45, 7) is 2.00. The summed E-state index contributed by atoms with van der Waals surface area (Å²) in [5.74, 6) is -1.02. The smallest absolute Gasteiger partial charge is 0.318 e. The second kappa shape index (κ2) is 8.87. The Bertz CT molecular complexity index is 707. The Morgan fingerprint density at radius 2 is 2.20 bits per heavy atom. The molecule has 1 aliphatic heterocycles. The normalized spacial score (nSPS) is 18.9. The molecule has 140 valence electrons. The Morgan fingerprint density at radius 1 is 1.44 bits per heavy atom. The summed E-state index contributed by atoms with van der Waals surface area (Å²) in [5.41, 5.74) is 1.06. The second-order valence-electron chi connectivity index (χ2n) is 6.45. The molecule has 0 aromatic heterocycles. The number of methoxy groups -OCH3 is 1. The SMILES string of the molecule is COc1ccc(Cl)cc1CC1CCCN(CCS(=O)(=O)CC(=O)O)C1. The number of hydrogen-bond donors (Lipinski definition) is 1. The summed E-state index contributed by atoms with van der Waals surface area (Å²) >= 11 is 6.08. The Morgan fingerprint density at radius 3 is 2.88 bits per heavy atom. The fraction of sp³-hybridized carbons (Fsp3) is 0.588. The number of nitrogens with zero attached hydrogens (tertiary/aromatic N) is 1. The fourth-order valence-corrected chi connectivity index (χ4v) is 4.52. The predicted octanol–water partition coefficient (Wildman–Crippen LogP) is 2.10. The number of rotatable bonds is 8. The van der Waals surface area contributed by atoms with E-state index in [1.54, 1.807) is 13.2 Å². The lowest BCUT2D eigenvalue weighted by Crippen LogP contribution is -2.39. The molecule has 1 atom stereocenters. The van der Waals surface area contributed by atoms with Gasteiger partial charge in [-0.3, -0.25) is 4.79 Å². The molecule has 1 aliphatic rings. The average Bonchev–Trinajstić information content (AvgIpc) is 2.53. The zero-order valence-corrected chi connectivity index (χ0v) is 15.9. The molecule has 0 bridgehead atoms. The lowest BCUT2D eigenvalue weighted by Gasteiger charge is -2.33. The minimum atomic E-state index is -3.55. The predicted molar refractivity (Wildman–Crippen MR) is 97.2 cm³/mol. The lowest BCUT2D eigenvalue weighted by molar-refractivity contribution is -0.134. The Labute approximate surface area is 153 Å². The summed E-state index contributed by atoms with van der Waals surface area (Å²) in [7, 11) is -1.92. The van der Waals surface area contributed by atoms with Gasteiger partial charge in [-0.05, 0) is 55.5 Å². The average molecular weight is 390 g/mol. The molecule has 1 aromatic rings. The van der Waals surface area contributed by atoms with Gasteiger partial charge in [0, 0.05) is 18.1 Å². The largest absolute Gasteiger partial charge is 0.496 e. The highest BCUT2D eigenvalue weighted by Crippen LogP contribution is 2.28. The molecule has 8 heteroatoms. The number of halogens is 1. The first kappa shape index (κ1) is 20.0. The zero-order valence-electron chi connectivity index (χ0n) is 14.3. The van der Waals surface area contributed by atoms with E-state index in [1.165, 1.54) is 0 Å². The third kappa shape index (κ3) is 6.49. The second-order valence-corrected chi connectivity index (χ2v) is 9.08. The topological polar surface area (TPSA) is 83.9 Å². The highest BCUT2D eigenvalue weighted by atomic mass is 35.5. The van der Waals surface area contributed by atoms with Crippen LogP contribution in [0.25, 0.3) is 0 Å². The number of ether oxygens (including phenoxy) is 1. The van der Waals surface area contributed by atoms with Crippen molar-refractivity contribution in [2.24, 2.45) is 5.92 Å². The molecule has 0 saturated carbocycles. The van der Waals surface area contributed by atoms with Crippen LogP contribution >= 0.6 is 11.6 Å². The number of hydrogen-bond acceptors (Lipinski definition) is 5. The molecular formula is C17H24ClNO5S. The lowest BCUT2D eigenvalue weighted by atomic mass is 9.91. The fourth-order valence-electron chi connectivity index (χ4n) is 3.27. The molecule has 6 nitrogen and oxygen atoms in total. The van der Waals surface area contributed by atoms with Gasteiger partial charge in [-0.25, -0.2) is 8.42 Å². The van der Waals surface area contributed by atoms with Crippen LogP contribution < -0.4 is 4.74 Å². The minimum absolute atomic E-state index is 0.119. The van der Waals surface area contributed by atoms with Crippen LogP contribution in [0.1, 0.15) is 18.4 Å². The number of carboxylic acids is 1. The van der Waals surface area contributed by atoms with E-state index in [9.17, 15) is 13.2 Å². The summed E-state index contributed by atoms with van der Waals surface area (Å²) in [6, 6.07) is 5.57.